The molecule has 0 aromatic carbocycles. The zero-order chi connectivity index (χ0) is 10.6. The molecule has 14 heavy (non-hydrogen) atoms. The van der Waals surface area contributed by atoms with Crippen molar-refractivity contribution in [1.82, 2.24) is 0 Å². The van der Waals surface area contributed by atoms with E-state index in [0.717, 1.165) is 12.8 Å². The molecule has 0 bridgehead atoms. The summed E-state index contributed by atoms with van der Waals surface area (Å²) in [6.07, 6.45) is 9.88. The van der Waals surface area contributed by atoms with Gasteiger partial charge < -0.3 is 0 Å². The molecule has 0 aliphatic rings. The van der Waals surface area contributed by atoms with Crippen molar-refractivity contribution in [2.45, 2.75) is 58.3 Å². The quantitative estimate of drug-likeness (QED) is 0.470. The zero-order valence-electron chi connectivity index (χ0n) is 9.13. The second-order valence-electron chi connectivity index (χ2n) is 3.59. The van der Waals surface area contributed by atoms with E-state index in [2.05, 4.69) is 10.2 Å². The molecule has 0 aliphatic heterocycles. The van der Waals surface area contributed by atoms with Crippen molar-refractivity contribution in [3.05, 3.63) is 0 Å². The third-order valence-corrected chi connectivity index (χ3v) is 2.93. The van der Waals surface area contributed by atoms with Gasteiger partial charge in [-0.2, -0.15) is 0 Å². The molecule has 0 atom stereocenters. The van der Waals surface area contributed by atoms with Gasteiger partial charge in [-0.1, -0.05) is 0 Å². The maximum atomic E-state index is 10.2. The minimum atomic E-state index is -3.22. The Bertz CT molecular complexity index is 139. The van der Waals surface area contributed by atoms with E-state index in [1.54, 1.807) is 0 Å². The first-order chi connectivity index (χ1) is 6.77. The van der Waals surface area contributed by atoms with E-state index < -0.39 is 18.6 Å². The van der Waals surface area contributed by atoms with Gasteiger partial charge in [-0.25, -0.2) is 0 Å². The molecular weight excluding hydrogens is 216 g/mol. The molecule has 0 spiro atoms. The van der Waals surface area contributed by atoms with Crippen LogP contribution in [0.15, 0.2) is 0 Å². The van der Waals surface area contributed by atoms with Crippen LogP contribution in [0.4, 0.5) is 0 Å². The molecule has 0 saturated heterocycles. The van der Waals surface area contributed by atoms with Crippen LogP contribution in [0.3, 0.4) is 0 Å². The van der Waals surface area contributed by atoms with Crippen LogP contribution in [0, 0.1) is 0 Å². The van der Waals surface area contributed by atoms with Crippen molar-refractivity contribution in [2.24, 2.45) is 0 Å². The molecule has 4 heteroatoms. The van der Waals surface area contributed by atoms with Crippen molar-refractivity contribution >= 4 is 0 Å². The molecule has 0 saturated carbocycles. The van der Waals surface area contributed by atoms with Crippen molar-refractivity contribution in [3.63, 3.8) is 0 Å². The van der Waals surface area contributed by atoms with E-state index in [0.29, 0.717) is 6.61 Å². The summed E-state index contributed by atoms with van der Waals surface area (Å²) in [7, 11) is 0. The Morgan fingerprint density at radius 1 is 1.00 bits per heavy atom. The summed E-state index contributed by atoms with van der Waals surface area (Å²) in [6, 6.07) is 0. The minimum absolute atomic E-state index is 0.463. The SMILES string of the molecule is CCCCCCCCCC[O][Ti](=[O])[OH]. The van der Waals surface area contributed by atoms with Gasteiger partial charge in [0, 0.05) is 0 Å². The Morgan fingerprint density at radius 2 is 1.50 bits per heavy atom. The topological polar surface area (TPSA) is 46.5 Å². The van der Waals surface area contributed by atoms with Crippen LogP contribution in [-0.4, -0.2) is 10.3 Å². The van der Waals surface area contributed by atoms with Gasteiger partial charge in [-0.05, 0) is 0 Å². The Labute approximate surface area is 94.0 Å². The molecule has 0 aliphatic carbocycles. The van der Waals surface area contributed by atoms with Crippen LogP contribution in [0.25, 0.3) is 0 Å². The number of hydrogen-bond donors (Lipinski definition) is 1. The second-order valence-corrected chi connectivity index (χ2v) is 4.87. The van der Waals surface area contributed by atoms with Crippen molar-refractivity contribution in [2.75, 3.05) is 6.61 Å². The van der Waals surface area contributed by atoms with Gasteiger partial charge in [0.2, 0.25) is 0 Å². The summed E-state index contributed by atoms with van der Waals surface area (Å²) in [6.45, 7) is 2.68. The van der Waals surface area contributed by atoms with Crippen LogP contribution in [0.5, 0.6) is 0 Å². The molecule has 0 aromatic rings. The Hall–Kier alpha value is 0.434. The van der Waals surface area contributed by atoms with Crippen molar-refractivity contribution in [1.29, 1.82) is 0 Å². The first kappa shape index (κ1) is 14.4. The van der Waals surface area contributed by atoms with E-state index in [-0.39, 0.29) is 0 Å². The van der Waals surface area contributed by atoms with Crippen molar-refractivity contribution < 1.29 is 28.9 Å². The van der Waals surface area contributed by atoms with Gasteiger partial charge >= 0.3 is 93.8 Å². The summed E-state index contributed by atoms with van der Waals surface area (Å²) in [4.78, 5) is 0. The predicted octanol–water partition coefficient (Wildman–Crippen LogP) is 2.93. The van der Waals surface area contributed by atoms with E-state index >= 15 is 0 Å². The third-order valence-electron chi connectivity index (χ3n) is 2.22. The standard InChI is InChI=1S/C10H21O.H2O.O.Ti/c1-2-3-4-5-6-7-8-9-10-11;;;/h2-10H2,1H3;1H2;;/q-1;;;+2/p-1. The summed E-state index contributed by atoms with van der Waals surface area (Å²) in [5.41, 5.74) is 0. The van der Waals surface area contributed by atoms with Crippen LogP contribution in [0.2, 0.25) is 0 Å². The van der Waals surface area contributed by atoms with Crippen LogP contribution in [-0.2, 0) is 25.3 Å². The van der Waals surface area contributed by atoms with Gasteiger partial charge in [0.15, 0.2) is 0 Å². The summed E-state index contributed by atoms with van der Waals surface area (Å²) in [5.74, 6) is 0. The fraction of sp³-hybridized carbons (Fsp3) is 1.00. The number of rotatable bonds is 10. The molecule has 3 nitrogen and oxygen atoms in total. The fourth-order valence-electron chi connectivity index (χ4n) is 1.40. The monoisotopic (exact) mass is 238 g/mol. The fourth-order valence-corrected chi connectivity index (χ4v) is 1.89. The van der Waals surface area contributed by atoms with Crippen LogP contribution < -0.4 is 0 Å². The molecule has 0 fully saturated rings. The molecule has 0 radical (unpaired) electrons. The molecule has 0 heterocycles. The Kier molecular flexibility index (Phi) is 11.9. The number of hydrogen-bond acceptors (Lipinski definition) is 2. The molecule has 0 rings (SSSR count). The van der Waals surface area contributed by atoms with Gasteiger partial charge in [-0.15, -0.1) is 0 Å². The maximum absolute atomic E-state index is 10.2. The molecule has 1 N–H and O–H groups in total. The Morgan fingerprint density at radius 3 is 2.00 bits per heavy atom. The van der Waals surface area contributed by atoms with E-state index in [1.807, 2.05) is 0 Å². The number of unbranched alkanes of at least 4 members (excludes halogenated alkanes) is 7. The van der Waals surface area contributed by atoms with Gasteiger partial charge in [0.1, 0.15) is 0 Å². The average molecular weight is 238 g/mol. The summed E-state index contributed by atoms with van der Waals surface area (Å²) >= 11 is -3.22. The van der Waals surface area contributed by atoms with Gasteiger partial charge in [0.25, 0.3) is 0 Å². The van der Waals surface area contributed by atoms with E-state index in [9.17, 15) is 3.32 Å². The van der Waals surface area contributed by atoms with E-state index in [4.69, 9.17) is 3.69 Å². The van der Waals surface area contributed by atoms with Crippen LogP contribution >= 0.6 is 0 Å². The molecule has 0 unspecified atom stereocenters. The van der Waals surface area contributed by atoms with Gasteiger partial charge in [-0.3, -0.25) is 0 Å². The van der Waals surface area contributed by atoms with Crippen LogP contribution in [0.1, 0.15) is 58.3 Å². The third kappa shape index (κ3) is 12.4. The second kappa shape index (κ2) is 11.5. The molecule has 0 aromatic heterocycles. The molecule has 0 amide bonds. The van der Waals surface area contributed by atoms with Gasteiger partial charge in [0.05, 0.1) is 0 Å². The zero-order valence-corrected chi connectivity index (χ0v) is 10.7. The summed E-state index contributed by atoms with van der Waals surface area (Å²) in [5, 5.41) is 0. The first-order valence-electron chi connectivity index (χ1n) is 5.63. The molecule has 84 valence electrons. The summed E-state index contributed by atoms with van der Waals surface area (Å²) < 4.78 is 23.3. The Balaban J connectivity index is 2.88. The normalized spacial score (nSPS) is 10.4. The molecular formula is C10H22O3Ti. The average Bonchev–Trinajstić information content (AvgIpc) is 2.15. The predicted molar refractivity (Wildman–Crippen MR) is 51.5 cm³/mol. The van der Waals surface area contributed by atoms with E-state index in [1.165, 1.54) is 38.5 Å². The van der Waals surface area contributed by atoms with Crippen molar-refractivity contribution in [3.8, 4) is 0 Å². The first-order valence-corrected chi connectivity index (χ1v) is 7.60.